The average Bonchev–Trinajstić information content (AvgIpc) is 2.48. The van der Waals surface area contributed by atoms with Crippen molar-refractivity contribution in [1.29, 1.82) is 0 Å². The molecule has 2 aromatic rings. The first-order valence-electron chi connectivity index (χ1n) is 5.91. The van der Waals surface area contributed by atoms with E-state index in [9.17, 15) is 14.5 Å². The number of halogens is 3. The number of nitro groups is 1. The van der Waals surface area contributed by atoms with E-state index >= 15 is 0 Å². The van der Waals surface area contributed by atoms with Crippen LogP contribution in [0, 0.1) is 15.9 Å². The molecule has 0 N–H and O–H groups in total. The van der Waals surface area contributed by atoms with Crippen LogP contribution >= 0.6 is 31.9 Å². The molecule has 0 unspecified atom stereocenters. The summed E-state index contributed by atoms with van der Waals surface area (Å²) in [5.41, 5.74) is 1.49. The molecule has 4 nitrogen and oxygen atoms in total. The fourth-order valence-corrected chi connectivity index (χ4v) is 2.58. The van der Waals surface area contributed by atoms with E-state index in [2.05, 4.69) is 31.9 Å². The number of hydrogen-bond acceptors (Lipinski definition) is 3. The van der Waals surface area contributed by atoms with Crippen molar-refractivity contribution in [3.63, 3.8) is 0 Å². The number of alkyl halides is 1. The van der Waals surface area contributed by atoms with E-state index in [1.165, 1.54) is 18.2 Å². The van der Waals surface area contributed by atoms with Gasteiger partial charge in [0, 0.05) is 23.0 Å². The van der Waals surface area contributed by atoms with Gasteiger partial charge in [0.15, 0.2) is 0 Å². The Morgan fingerprint density at radius 3 is 2.62 bits per heavy atom. The molecule has 0 spiro atoms. The van der Waals surface area contributed by atoms with Gasteiger partial charge >= 0.3 is 0 Å². The summed E-state index contributed by atoms with van der Waals surface area (Å²) >= 11 is 6.39. The highest BCUT2D eigenvalue weighted by Crippen LogP contribution is 2.27. The molecule has 7 heteroatoms. The molecule has 0 aliphatic carbocycles. The van der Waals surface area contributed by atoms with E-state index in [0.29, 0.717) is 21.1 Å². The molecule has 0 saturated carbocycles. The third-order valence-corrected chi connectivity index (χ3v) is 3.99. The summed E-state index contributed by atoms with van der Waals surface area (Å²) in [6.07, 6.45) is 0. The predicted octanol–water partition coefficient (Wildman–Crippen LogP) is 4.97. The van der Waals surface area contributed by atoms with Gasteiger partial charge in [0.1, 0.15) is 18.2 Å². The zero-order valence-corrected chi connectivity index (χ0v) is 13.9. The van der Waals surface area contributed by atoms with Gasteiger partial charge < -0.3 is 4.74 Å². The minimum absolute atomic E-state index is 0.0151. The SMILES string of the molecule is O=[N+]([O-])c1ccc(OCc2ccc(F)c(Br)c2)c(CBr)c1. The minimum atomic E-state index is -0.451. The zero-order valence-electron chi connectivity index (χ0n) is 10.7. The lowest BCUT2D eigenvalue weighted by Gasteiger charge is -2.10. The number of benzene rings is 2. The second-order valence-corrected chi connectivity index (χ2v) is 5.63. The lowest BCUT2D eigenvalue weighted by atomic mass is 10.2. The van der Waals surface area contributed by atoms with Crippen LogP contribution in [0.1, 0.15) is 11.1 Å². The predicted molar refractivity (Wildman–Crippen MR) is 84.2 cm³/mol. The maximum absolute atomic E-state index is 13.1. The highest BCUT2D eigenvalue weighted by Gasteiger charge is 2.11. The van der Waals surface area contributed by atoms with Crippen LogP contribution in [0.2, 0.25) is 0 Å². The Bertz CT molecular complexity index is 679. The molecule has 0 heterocycles. The van der Waals surface area contributed by atoms with Crippen molar-refractivity contribution >= 4 is 37.5 Å². The van der Waals surface area contributed by atoms with Crippen LogP contribution in [0.15, 0.2) is 40.9 Å². The first-order valence-corrected chi connectivity index (χ1v) is 7.82. The lowest BCUT2D eigenvalue weighted by molar-refractivity contribution is -0.384. The Morgan fingerprint density at radius 1 is 1.24 bits per heavy atom. The summed E-state index contributed by atoms with van der Waals surface area (Å²) in [6.45, 7) is 0.247. The quantitative estimate of drug-likeness (QED) is 0.391. The second-order valence-electron chi connectivity index (χ2n) is 4.22. The largest absolute Gasteiger partial charge is 0.489 e. The van der Waals surface area contributed by atoms with Crippen LogP contribution in [0.3, 0.4) is 0 Å². The Labute approximate surface area is 137 Å². The van der Waals surface area contributed by atoms with E-state index in [1.807, 2.05) is 0 Å². The smallest absolute Gasteiger partial charge is 0.270 e. The van der Waals surface area contributed by atoms with Crippen molar-refractivity contribution in [2.75, 3.05) is 0 Å². The van der Waals surface area contributed by atoms with E-state index in [4.69, 9.17) is 4.74 Å². The number of non-ortho nitro benzene ring substituents is 1. The van der Waals surface area contributed by atoms with Crippen LogP contribution < -0.4 is 4.74 Å². The monoisotopic (exact) mass is 417 g/mol. The molecule has 110 valence electrons. The molecule has 2 rings (SSSR count). The molecular weight excluding hydrogens is 409 g/mol. The highest BCUT2D eigenvalue weighted by molar-refractivity contribution is 9.10. The van der Waals surface area contributed by atoms with Gasteiger partial charge in [0.25, 0.3) is 5.69 Å². The Hall–Kier alpha value is -1.47. The standard InChI is InChI=1S/C14H10Br2FNO3/c15-7-10-6-11(18(19)20)2-4-14(10)21-8-9-1-3-13(17)12(16)5-9/h1-6H,7-8H2. The van der Waals surface area contributed by atoms with Gasteiger partial charge in [-0.2, -0.15) is 0 Å². The number of hydrogen-bond donors (Lipinski definition) is 0. The first-order chi connectivity index (χ1) is 10.0. The Kier molecular flexibility index (Phi) is 5.30. The molecule has 0 aromatic heterocycles. The van der Waals surface area contributed by atoms with Gasteiger partial charge in [-0.3, -0.25) is 10.1 Å². The number of nitrogens with zero attached hydrogens (tertiary/aromatic N) is 1. The minimum Gasteiger partial charge on any atom is -0.489 e. The fraction of sp³-hybridized carbons (Fsp3) is 0.143. The van der Waals surface area contributed by atoms with Gasteiger partial charge in [-0.1, -0.05) is 22.0 Å². The lowest BCUT2D eigenvalue weighted by Crippen LogP contribution is -1.99. The molecule has 0 fully saturated rings. The van der Waals surface area contributed by atoms with Crippen molar-refractivity contribution < 1.29 is 14.1 Å². The Morgan fingerprint density at radius 2 is 2.00 bits per heavy atom. The van der Waals surface area contributed by atoms with Crippen LogP contribution in [0.5, 0.6) is 5.75 Å². The van der Waals surface area contributed by atoms with Gasteiger partial charge in [0.05, 0.1) is 9.40 Å². The molecule has 0 radical (unpaired) electrons. The highest BCUT2D eigenvalue weighted by atomic mass is 79.9. The summed E-state index contributed by atoms with van der Waals surface area (Å²) in [6, 6.07) is 9.03. The molecule has 0 aliphatic rings. The van der Waals surface area contributed by atoms with E-state index in [-0.39, 0.29) is 18.1 Å². The second kappa shape index (κ2) is 7.00. The van der Waals surface area contributed by atoms with E-state index in [1.54, 1.807) is 18.2 Å². The molecule has 21 heavy (non-hydrogen) atoms. The molecule has 0 atom stereocenters. The molecule has 0 bridgehead atoms. The maximum atomic E-state index is 13.1. The van der Waals surface area contributed by atoms with Crippen molar-refractivity contribution in [2.24, 2.45) is 0 Å². The summed E-state index contributed by atoms with van der Waals surface area (Å²) in [4.78, 5) is 10.3. The average molecular weight is 419 g/mol. The van der Waals surface area contributed by atoms with Crippen LogP contribution in [0.25, 0.3) is 0 Å². The molecule has 0 saturated heterocycles. The maximum Gasteiger partial charge on any atom is 0.270 e. The number of ether oxygens (including phenoxy) is 1. The van der Waals surface area contributed by atoms with Crippen molar-refractivity contribution in [2.45, 2.75) is 11.9 Å². The number of rotatable bonds is 5. The normalized spacial score (nSPS) is 10.4. The summed E-state index contributed by atoms with van der Waals surface area (Å²) in [7, 11) is 0. The summed E-state index contributed by atoms with van der Waals surface area (Å²) < 4.78 is 19.2. The molecule has 0 aliphatic heterocycles. The zero-order chi connectivity index (χ0) is 15.4. The van der Waals surface area contributed by atoms with Crippen LogP contribution in [-0.2, 0) is 11.9 Å². The third-order valence-electron chi connectivity index (χ3n) is 2.78. The third kappa shape index (κ3) is 4.01. The molecule has 0 amide bonds. The first kappa shape index (κ1) is 15.9. The molecular formula is C14H10Br2FNO3. The van der Waals surface area contributed by atoms with E-state index < -0.39 is 4.92 Å². The fourth-order valence-electron chi connectivity index (χ4n) is 1.72. The van der Waals surface area contributed by atoms with Crippen molar-refractivity contribution in [3.8, 4) is 5.75 Å². The van der Waals surface area contributed by atoms with Gasteiger partial charge in [-0.15, -0.1) is 0 Å². The van der Waals surface area contributed by atoms with E-state index in [0.717, 1.165) is 5.56 Å². The van der Waals surface area contributed by atoms with Crippen LogP contribution in [-0.4, -0.2) is 4.92 Å². The summed E-state index contributed by atoms with van der Waals surface area (Å²) in [5, 5.41) is 11.2. The Balaban J connectivity index is 2.15. The molecule has 2 aromatic carbocycles. The van der Waals surface area contributed by atoms with Gasteiger partial charge in [0.2, 0.25) is 0 Å². The van der Waals surface area contributed by atoms with Crippen LogP contribution in [0.4, 0.5) is 10.1 Å². The van der Waals surface area contributed by atoms with Crippen molar-refractivity contribution in [3.05, 3.63) is 67.9 Å². The van der Waals surface area contributed by atoms with Crippen molar-refractivity contribution in [1.82, 2.24) is 0 Å². The topological polar surface area (TPSA) is 52.4 Å². The number of nitro benzene ring substituents is 1. The van der Waals surface area contributed by atoms with Gasteiger partial charge in [-0.25, -0.2) is 4.39 Å². The summed E-state index contributed by atoms with van der Waals surface area (Å²) in [5.74, 6) is 0.216. The van der Waals surface area contributed by atoms with Gasteiger partial charge in [-0.05, 0) is 39.7 Å².